The third-order valence-electron chi connectivity index (χ3n) is 4.11. The van der Waals surface area contributed by atoms with Crippen LogP contribution in [-0.4, -0.2) is 26.3 Å². The van der Waals surface area contributed by atoms with E-state index in [2.05, 4.69) is 20.8 Å². The van der Waals surface area contributed by atoms with Crippen molar-refractivity contribution in [2.75, 3.05) is 0 Å². The number of rotatable bonds is 4. The summed E-state index contributed by atoms with van der Waals surface area (Å²) in [6.45, 7) is -0.0586. The van der Waals surface area contributed by atoms with Gasteiger partial charge >= 0.3 is 0 Å². The molecular weight excluding hydrogens is 433 g/mol. The van der Waals surface area contributed by atoms with Crippen LogP contribution in [-0.2, 0) is 11.3 Å². The van der Waals surface area contributed by atoms with Gasteiger partial charge in [0.25, 0.3) is 11.8 Å². The molecule has 0 unspecified atom stereocenters. The highest BCUT2D eigenvalue weighted by Crippen LogP contribution is 2.24. The van der Waals surface area contributed by atoms with E-state index in [1.165, 1.54) is 23.5 Å². The summed E-state index contributed by atoms with van der Waals surface area (Å²) in [4.78, 5) is 33.7. The van der Waals surface area contributed by atoms with E-state index in [9.17, 15) is 9.59 Å². The molecule has 0 aliphatic heterocycles. The van der Waals surface area contributed by atoms with Crippen molar-refractivity contribution in [3.8, 4) is 11.5 Å². The van der Waals surface area contributed by atoms with E-state index in [1.54, 1.807) is 16.1 Å². The highest BCUT2D eigenvalue weighted by atomic mass is 35.5. The second-order valence-corrected chi connectivity index (χ2v) is 7.57. The third kappa shape index (κ3) is 4.09. The summed E-state index contributed by atoms with van der Waals surface area (Å²) in [6.07, 6.45) is 0. The largest absolute Gasteiger partial charge is 0.313 e. The van der Waals surface area contributed by atoms with Gasteiger partial charge < -0.3 is 4.57 Å². The lowest BCUT2D eigenvalue weighted by Gasteiger charge is -2.11. The molecule has 2 amide bonds. The molecule has 2 aromatic heterocycles. The van der Waals surface area contributed by atoms with Gasteiger partial charge in [-0.05, 0) is 30.3 Å². The van der Waals surface area contributed by atoms with Gasteiger partial charge in [0.1, 0.15) is 12.2 Å². The predicted molar refractivity (Wildman–Crippen MR) is 113 cm³/mol. The molecule has 2 aromatic carbocycles. The van der Waals surface area contributed by atoms with Gasteiger partial charge in [-0.1, -0.05) is 35.3 Å². The number of aromatic nitrogens is 3. The third-order valence-corrected chi connectivity index (χ3v) is 5.26. The number of hydrogen-bond acceptors (Lipinski definition) is 5. The van der Waals surface area contributed by atoms with Crippen LogP contribution in [0.15, 0.2) is 53.4 Å². The normalized spacial score (nSPS) is 10.8. The lowest BCUT2D eigenvalue weighted by atomic mass is 10.2. The molecule has 0 bridgehead atoms. The van der Waals surface area contributed by atoms with E-state index in [4.69, 9.17) is 23.2 Å². The summed E-state index contributed by atoms with van der Waals surface area (Å²) in [6, 6.07) is 12.0. The van der Waals surface area contributed by atoms with E-state index in [1.807, 2.05) is 29.6 Å². The van der Waals surface area contributed by atoms with Crippen LogP contribution in [0.5, 0.6) is 0 Å². The van der Waals surface area contributed by atoms with Crippen LogP contribution < -0.4 is 10.9 Å². The Bertz CT molecular complexity index is 1210. The highest BCUT2D eigenvalue weighted by Gasteiger charge is 2.17. The number of imidazole rings is 1. The molecule has 0 saturated carbocycles. The van der Waals surface area contributed by atoms with Gasteiger partial charge in [-0.25, -0.2) is 9.97 Å². The number of hydrogen-bond donors (Lipinski definition) is 2. The van der Waals surface area contributed by atoms with E-state index in [0.717, 1.165) is 11.0 Å². The fraction of sp³-hybridized carbons (Fsp3) is 0.0526. The maximum absolute atomic E-state index is 12.5. The van der Waals surface area contributed by atoms with Crippen LogP contribution in [0.3, 0.4) is 0 Å². The van der Waals surface area contributed by atoms with Gasteiger partial charge in [-0.3, -0.25) is 20.4 Å². The van der Waals surface area contributed by atoms with E-state index in [0.29, 0.717) is 16.5 Å². The number of carbonyl (C=O) groups is 2. The highest BCUT2D eigenvalue weighted by molar-refractivity contribution is 7.07. The number of thiazole rings is 1. The van der Waals surface area contributed by atoms with Crippen LogP contribution in [0, 0.1) is 0 Å². The summed E-state index contributed by atoms with van der Waals surface area (Å²) < 4.78 is 1.75. The number of benzene rings is 2. The van der Waals surface area contributed by atoms with Gasteiger partial charge in [0, 0.05) is 10.4 Å². The minimum absolute atomic E-state index is 0.0586. The summed E-state index contributed by atoms with van der Waals surface area (Å²) >= 11 is 13.4. The van der Waals surface area contributed by atoms with Crippen molar-refractivity contribution in [3.05, 3.63) is 69.0 Å². The molecule has 4 rings (SSSR count). The standard InChI is InChI=1S/C19H13Cl2N5O2S/c20-11-5-6-13(21)12(7-11)19(28)25-24-17(27)8-26-16-4-2-1-3-14(16)23-18(26)15-9-29-10-22-15/h1-7,9-10H,8H2,(H,24,27)(H,25,28). The molecule has 0 aliphatic rings. The van der Waals surface area contributed by atoms with Crippen molar-refractivity contribution >= 4 is 57.4 Å². The van der Waals surface area contributed by atoms with Crippen molar-refractivity contribution in [2.45, 2.75) is 6.54 Å². The molecule has 4 aromatic rings. The molecule has 7 nitrogen and oxygen atoms in total. The Morgan fingerprint density at radius 1 is 1.10 bits per heavy atom. The topological polar surface area (TPSA) is 88.9 Å². The molecular formula is C19H13Cl2N5O2S. The number of nitrogens with zero attached hydrogens (tertiary/aromatic N) is 3. The first-order chi connectivity index (χ1) is 14.0. The molecule has 0 fully saturated rings. The minimum atomic E-state index is -0.568. The number of fused-ring (bicyclic) bond motifs is 1. The van der Waals surface area contributed by atoms with Gasteiger partial charge in [0.05, 0.1) is 27.1 Å². The van der Waals surface area contributed by atoms with Crippen molar-refractivity contribution in [1.82, 2.24) is 25.4 Å². The summed E-state index contributed by atoms with van der Waals surface area (Å²) in [5.41, 5.74) is 8.82. The number of carbonyl (C=O) groups excluding carboxylic acids is 2. The van der Waals surface area contributed by atoms with Crippen LogP contribution in [0.2, 0.25) is 10.0 Å². The number of amides is 2. The number of para-hydroxylation sites is 2. The first-order valence-corrected chi connectivity index (χ1v) is 10.1. The second kappa shape index (κ2) is 8.20. The van der Waals surface area contributed by atoms with E-state index >= 15 is 0 Å². The van der Waals surface area contributed by atoms with Gasteiger partial charge in [0.15, 0.2) is 5.82 Å². The Labute approximate surface area is 179 Å². The van der Waals surface area contributed by atoms with Crippen LogP contribution in [0.25, 0.3) is 22.6 Å². The van der Waals surface area contributed by atoms with E-state index in [-0.39, 0.29) is 17.1 Å². The monoisotopic (exact) mass is 445 g/mol. The fourth-order valence-corrected chi connectivity index (χ4v) is 3.71. The molecule has 0 saturated heterocycles. The SMILES string of the molecule is O=C(Cn1c(-c2cscn2)nc2ccccc21)NNC(=O)c1cc(Cl)ccc1Cl. The number of halogens is 2. The second-order valence-electron chi connectivity index (χ2n) is 6.01. The zero-order valence-corrected chi connectivity index (χ0v) is 17.1. The van der Waals surface area contributed by atoms with Gasteiger partial charge in [-0.15, -0.1) is 11.3 Å². The fourth-order valence-electron chi connectivity index (χ4n) is 2.80. The predicted octanol–water partition coefficient (Wildman–Crippen LogP) is 3.93. The Morgan fingerprint density at radius 2 is 1.93 bits per heavy atom. The van der Waals surface area contributed by atoms with Crippen LogP contribution >= 0.6 is 34.5 Å². The smallest absolute Gasteiger partial charge is 0.271 e. The average Bonchev–Trinajstić information content (AvgIpc) is 3.36. The molecule has 146 valence electrons. The number of nitrogens with one attached hydrogen (secondary N) is 2. The van der Waals surface area contributed by atoms with Crippen LogP contribution in [0.4, 0.5) is 0 Å². The number of hydrazine groups is 1. The molecule has 2 N–H and O–H groups in total. The molecule has 0 aliphatic carbocycles. The minimum Gasteiger partial charge on any atom is -0.313 e. The summed E-state index contributed by atoms with van der Waals surface area (Å²) in [7, 11) is 0. The summed E-state index contributed by atoms with van der Waals surface area (Å²) in [5.74, 6) is -0.427. The van der Waals surface area contributed by atoms with Gasteiger partial charge in [-0.2, -0.15) is 0 Å². The Balaban J connectivity index is 1.53. The van der Waals surface area contributed by atoms with Crippen LogP contribution in [0.1, 0.15) is 10.4 Å². The average molecular weight is 446 g/mol. The Hall–Kier alpha value is -2.94. The molecule has 29 heavy (non-hydrogen) atoms. The maximum atomic E-state index is 12.5. The Kier molecular flexibility index (Phi) is 5.48. The van der Waals surface area contributed by atoms with E-state index < -0.39 is 11.8 Å². The van der Waals surface area contributed by atoms with Crippen molar-refractivity contribution < 1.29 is 9.59 Å². The van der Waals surface area contributed by atoms with Gasteiger partial charge in [0.2, 0.25) is 0 Å². The van der Waals surface area contributed by atoms with Crippen molar-refractivity contribution in [1.29, 1.82) is 0 Å². The first kappa shape index (κ1) is 19.4. The Morgan fingerprint density at radius 3 is 2.72 bits per heavy atom. The summed E-state index contributed by atoms with van der Waals surface area (Å²) in [5, 5.41) is 2.45. The first-order valence-electron chi connectivity index (χ1n) is 8.41. The lowest BCUT2D eigenvalue weighted by molar-refractivity contribution is -0.122. The molecule has 10 heteroatoms. The molecule has 0 radical (unpaired) electrons. The maximum Gasteiger partial charge on any atom is 0.271 e. The molecule has 0 atom stereocenters. The zero-order chi connectivity index (χ0) is 20.4. The lowest BCUT2D eigenvalue weighted by Crippen LogP contribution is -2.43. The quantitative estimate of drug-likeness (QED) is 0.465. The van der Waals surface area contributed by atoms with Crippen molar-refractivity contribution in [2.24, 2.45) is 0 Å². The zero-order valence-electron chi connectivity index (χ0n) is 14.7. The molecule has 0 spiro atoms. The molecule has 2 heterocycles. The van der Waals surface area contributed by atoms with Crippen molar-refractivity contribution in [3.63, 3.8) is 0 Å².